The number of nitrogens with two attached hydrogens (primary N) is 1. The van der Waals surface area contributed by atoms with Crippen molar-refractivity contribution in [1.82, 2.24) is 4.98 Å². The van der Waals surface area contributed by atoms with Crippen LogP contribution in [-0.2, 0) is 20.7 Å². The largest absolute Gasteiger partial charge is 0.434 e. The Morgan fingerprint density at radius 3 is 2.49 bits per heavy atom. The van der Waals surface area contributed by atoms with E-state index in [0.717, 1.165) is 6.92 Å². The van der Waals surface area contributed by atoms with Crippen molar-refractivity contribution in [2.75, 3.05) is 29.6 Å². The predicted molar refractivity (Wildman–Crippen MR) is 140 cm³/mol. The van der Waals surface area contributed by atoms with Crippen molar-refractivity contribution in [2.24, 2.45) is 10.1 Å². The van der Waals surface area contributed by atoms with Gasteiger partial charge in [-0.3, -0.25) is 9.59 Å². The summed E-state index contributed by atoms with van der Waals surface area (Å²) in [5.74, 6) is -5.17. The van der Waals surface area contributed by atoms with Crippen molar-refractivity contribution in [3.63, 3.8) is 0 Å². The molecule has 220 valence electrons. The maximum absolute atomic E-state index is 14.0. The lowest BCUT2D eigenvalue weighted by Crippen LogP contribution is -2.32. The summed E-state index contributed by atoms with van der Waals surface area (Å²) in [6.07, 6.45) is -4.17. The van der Waals surface area contributed by atoms with Crippen LogP contribution in [0.4, 0.5) is 33.5 Å². The number of rotatable bonds is 5. The average molecular weight is 599 g/mol. The molecule has 0 radical (unpaired) electrons. The minimum atomic E-state index is -5.05. The summed E-state index contributed by atoms with van der Waals surface area (Å²) in [6.45, 7) is 0.701. The number of nitrogens with zero attached hydrogens (tertiary/aromatic N) is 4. The van der Waals surface area contributed by atoms with Crippen LogP contribution in [0.15, 0.2) is 33.5 Å². The van der Waals surface area contributed by atoms with Crippen LogP contribution < -0.4 is 16.0 Å². The monoisotopic (exact) mass is 598 g/mol. The Kier molecular flexibility index (Phi) is 7.87. The van der Waals surface area contributed by atoms with Crippen LogP contribution in [0.3, 0.4) is 0 Å². The highest BCUT2D eigenvalue weighted by atomic mass is 32.2. The molecule has 9 nitrogen and oxygen atoms in total. The molecule has 15 heteroatoms. The molecule has 3 N–H and O–H groups in total. The normalized spacial score (nSPS) is 19.3. The molecule has 2 amide bonds. The molecule has 0 unspecified atom stereocenters. The number of hydrogen-bond acceptors (Lipinski definition) is 7. The van der Waals surface area contributed by atoms with Gasteiger partial charge >= 0.3 is 6.18 Å². The number of nitriles is 1. The third-order valence-electron chi connectivity index (χ3n) is 7.05. The Labute approximate surface area is 233 Å². The van der Waals surface area contributed by atoms with E-state index in [1.807, 2.05) is 0 Å². The Bertz CT molecular complexity index is 1570. The van der Waals surface area contributed by atoms with Crippen molar-refractivity contribution < 1.29 is 35.8 Å². The maximum atomic E-state index is 14.0. The summed E-state index contributed by atoms with van der Waals surface area (Å²) in [4.78, 5) is 30.8. The molecule has 1 saturated heterocycles. The molecule has 4 rings (SSSR count). The van der Waals surface area contributed by atoms with Crippen LogP contribution >= 0.6 is 0 Å². The van der Waals surface area contributed by atoms with E-state index in [-0.39, 0.29) is 41.2 Å². The third-order valence-corrected chi connectivity index (χ3v) is 8.70. The quantitative estimate of drug-likeness (QED) is 0.478. The van der Waals surface area contributed by atoms with Gasteiger partial charge in [0.25, 0.3) is 11.8 Å². The number of carbonyl (C=O) groups excluding carboxylic acids is 2. The van der Waals surface area contributed by atoms with E-state index in [9.17, 15) is 41.0 Å². The van der Waals surface area contributed by atoms with Crippen LogP contribution in [-0.4, -0.2) is 51.8 Å². The molecule has 1 saturated carbocycles. The van der Waals surface area contributed by atoms with Gasteiger partial charge in [0, 0.05) is 42.8 Å². The first-order valence-electron chi connectivity index (χ1n) is 12.6. The van der Waals surface area contributed by atoms with E-state index in [1.54, 1.807) is 0 Å². The first-order valence-corrected chi connectivity index (χ1v) is 14.5. The fourth-order valence-corrected chi connectivity index (χ4v) is 5.74. The zero-order valence-corrected chi connectivity index (χ0v) is 23.0. The zero-order valence-electron chi connectivity index (χ0n) is 22.1. The number of nitrogens with one attached hydrogen (secondary N) is 1. The van der Waals surface area contributed by atoms with Gasteiger partial charge in [0.15, 0.2) is 5.69 Å². The summed E-state index contributed by atoms with van der Waals surface area (Å²) >= 11 is 0. The number of alkyl halides is 5. The Hall–Kier alpha value is -3.64. The second-order valence-electron chi connectivity index (χ2n) is 10.3. The predicted octanol–water partition coefficient (Wildman–Crippen LogP) is 4.63. The van der Waals surface area contributed by atoms with Gasteiger partial charge in [0.1, 0.15) is 11.9 Å². The lowest BCUT2D eigenvalue weighted by molar-refractivity contribution is -0.141. The molecule has 1 atom stereocenters. The second kappa shape index (κ2) is 10.6. The fraction of sp³-hybridized carbons (Fsp3) is 0.462. The fourth-order valence-electron chi connectivity index (χ4n) is 4.46. The van der Waals surface area contributed by atoms with E-state index in [0.29, 0.717) is 12.8 Å². The minimum absolute atomic E-state index is 0.0600. The smallest absolute Gasteiger partial charge is 0.356 e. The molecular weight excluding hydrogens is 571 g/mol. The van der Waals surface area contributed by atoms with E-state index in [2.05, 4.69) is 14.7 Å². The van der Waals surface area contributed by atoms with Crippen LogP contribution in [0.5, 0.6) is 0 Å². The number of pyridine rings is 1. The molecular formula is C26H27F5N6O3S. The molecule has 2 aliphatic rings. The van der Waals surface area contributed by atoms with Crippen molar-refractivity contribution in [2.45, 2.75) is 61.6 Å². The van der Waals surface area contributed by atoms with Crippen molar-refractivity contribution >= 4 is 33.0 Å². The molecule has 1 aliphatic heterocycles. The highest BCUT2D eigenvalue weighted by Crippen LogP contribution is 2.38. The van der Waals surface area contributed by atoms with Gasteiger partial charge in [0.2, 0.25) is 5.92 Å². The SMILES string of the molecule is Cc1c(C#N)c(C(F)(F)F)nc(N2CCCC(F)(F)CC2)c1C(=O)Nc1cccc([S@@](C)(=O)=NC(=O)C2(N)CC2)c1. The van der Waals surface area contributed by atoms with Crippen molar-refractivity contribution in [3.8, 4) is 6.07 Å². The summed E-state index contributed by atoms with van der Waals surface area (Å²) in [6, 6.07) is 7.01. The van der Waals surface area contributed by atoms with Gasteiger partial charge < -0.3 is 16.0 Å². The lowest BCUT2D eigenvalue weighted by atomic mass is 10.00. The number of aromatic nitrogens is 1. The number of anilines is 2. The Morgan fingerprint density at radius 1 is 1.20 bits per heavy atom. The highest BCUT2D eigenvalue weighted by molar-refractivity contribution is 7.93. The number of benzene rings is 1. The average Bonchev–Trinajstić information content (AvgIpc) is 3.65. The van der Waals surface area contributed by atoms with E-state index in [4.69, 9.17) is 5.73 Å². The topological polar surface area (TPSA) is 142 Å². The Morgan fingerprint density at radius 2 is 1.88 bits per heavy atom. The summed E-state index contributed by atoms with van der Waals surface area (Å²) in [5.41, 5.74) is 1.66. The van der Waals surface area contributed by atoms with E-state index in [1.165, 1.54) is 41.5 Å². The van der Waals surface area contributed by atoms with Crippen LogP contribution in [0.2, 0.25) is 0 Å². The third kappa shape index (κ3) is 6.48. The molecule has 1 aromatic carbocycles. The van der Waals surface area contributed by atoms with Gasteiger partial charge in [-0.2, -0.15) is 22.8 Å². The standard InChI is InChI=1S/C26H27F5N6O3S/c1-15-18(14-32)20(26(29,30)31)35-21(37-11-4-7-25(27,28)10-12-37)19(15)22(38)34-16-5-3-6-17(13-16)41(2,40)36-23(39)24(33)8-9-24/h3,5-6,13H,4,7-12,33H2,1-2H3,(H,34,38)/t41-/m1/s1. The van der Waals surface area contributed by atoms with Gasteiger partial charge in [-0.25, -0.2) is 18.0 Å². The zero-order chi connectivity index (χ0) is 30.4. The second-order valence-corrected chi connectivity index (χ2v) is 12.6. The summed E-state index contributed by atoms with van der Waals surface area (Å²) in [7, 11) is -3.27. The van der Waals surface area contributed by atoms with E-state index >= 15 is 0 Å². The molecule has 41 heavy (non-hydrogen) atoms. The van der Waals surface area contributed by atoms with Gasteiger partial charge in [-0.05, 0) is 49.9 Å². The molecule has 2 aromatic rings. The van der Waals surface area contributed by atoms with Crippen LogP contribution in [0.25, 0.3) is 0 Å². The molecule has 0 spiro atoms. The summed E-state index contributed by atoms with van der Waals surface area (Å²) in [5, 5.41) is 12.0. The number of carbonyl (C=O) groups is 2. The first-order chi connectivity index (χ1) is 19.0. The number of amides is 2. The molecule has 2 fully saturated rings. The molecule has 1 aliphatic carbocycles. The van der Waals surface area contributed by atoms with Crippen molar-refractivity contribution in [3.05, 3.63) is 46.6 Å². The first kappa shape index (κ1) is 30.3. The van der Waals surface area contributed by atoms with Crippen molar-refractivity contribution in [1.29, 1.82) is 5.26 Å². The van der Waals surface area contributed by atoms with Crippen LogP contribution in [0.1, 0.15) is 59.3 Å². The van der Waals surface area contributed by atoms with Gasteiger partial charge in [-0.1, -0.05) is 6.07 Å². The van der Waals surface area contributed by atoms with Crippen LogP contribution in [0, 0.1) is 18.3 Å². The van der Waals surface area contributed by atoms with Gasteiger partial charge in [0.05, 0.1) is 26.4 Å². The minimum Gasteiger partial charge on any atom is -0.356 e. The molecule has 0 bridgehead atoms. The van der Waals surface area contributed by atoms with E-state index < -0.39 is 69.1 Å². The lowest BCUT2D eigenvalue weighted by Gasteiger charge is -2.27. The molecule has 2 heterocycles. The van der Waals surface area contributed by atoms with Gasteiger partial charge in [-0.15, -0.1) is 0 Å². The number of hydrogen-bond donors (Lipinski definition) is 2. The maximum Gasteiger partial charge on any atom is 0.434 e. The summed E-state index contributed by atoms with van der Waals surface area (Å²) < 4.78 is 86.6. The number of halogens is 5. The Balaban J connectivity index is 1.76. The molecule has 1 aromatic heterocycles. The highest BCUT2D eigenvalue weighted by Gasteiger charge is 2.46.